The summed E-state index contributed by atoms with van der Waals surface area (Å²) in [6.45, 7) is 7.77. The molecule has 0 aliphatic rings. The zero-order valence-corrected chi connectivity index (χ0v) is 11.0. The Balaban J connectivity index is 2.78. The van der Waals surface area contributed by atoms with E-state index < -0.39 is 5.97 Å². The predicted molar refractivity (Wildman–Crippen MR) is 69.5 cm³/mol. The van der Waals surface area contributed by atoms with Crippen LogP contribution in [0.25, 0.3) is 5.69 Å². The smallest absolute Gasteiger partial charge is 0.337 e. The van der Waals surface area contributed by atoms with E-state index in [9.17, 15) is 9.90 Å². The highest BCUT2D eigenvalue weighted by Gasteiger charge is 2.17. The molecule has 4 nitrogen and oxygen atoms in total. The summed E-state index contributed by atoms with van der Waals surface area (Å²) < 4.78 is 1.73. The van der Waals surface area contributed by atoms with Gasteiger partial charge in [0.2, 0.25) is 0 Å². The largest absolute Gasteiger partial charge is 0.478 e. The lowest BCUT2D eigenvalue weighted by atomic mass is 10.1. The molecule has 0 saturated heterocycles. The molecule has 4 heteroatoms. The molecule has 18 heavy (non-hydrogen) atoms. The van der Waals surface area contributed by atoms with Crippen molar-refractivity contribution in [1.29, 1.82) is 0 Å². The standard InChI is InChI=1S/C14H16N2O2/c1-8-6-5-7-12(14(17)18)13(8)16-11(4)9(2)10(3)15-16/h5-7H,1-4H3,(H,17,18). The van der Waals surface area contributed by atoms with Gasteiger partial charge in [-0.05, 0) is 44.9 Å². The van der Waals surface area contributed by atoms with Gasteiger partial charge in [0.05, 0.1) is 16.9 Å². The maximum absolute atomic E-state index is 11.3. The van der Waals surface area contributed by atoms with Crippen molar-refractivity contribution < 1.29 is 9.90 Å². The Labute approximate surface area is 106 Å². The van der Waals surface area contributed by atoms with Crippen molar-refractivity contribution in [2.45, 2.75) is 27.7 Å². The van der Waals surface area contributed by atoms with Crippen LogP contribution in [0.3, 0.4) is 0 Å². The van der Waals surface area contributed by atoms with E-state index >= 15 is 0 Å². The van der Waals surface area contributed by atoms with E-state index in [2.05, 4.69) is 5.10 Å². The number of carboxylic acids is 1. The molecule has 0 amide bonds. The third-order valence-electron chi connectivity index (χ3n) is 3.33. The number of nitrogens with zero attached hydrogens (tertiary/aromatic N) is 2. The van der Waals surface area contributed by atoms with E-state index in [1.54, 1.807) is 16.8 Å². The normalized spacial score (nSPS) is 10.7. The molecule has 0 atom stereocenters. The van der Waals surface area contributed by atoms with Crippen LogP contribution in [0.2, 0.25) is 0 Å². The summed E-state index contributed by atoms with van der Waals surface area (Å²) in [6, 6.07) is 5.25. The third kappa shape index (κ3) is 1.79. The SMILES string of the molecule is Cc1cccc(C(=O)O)c1-n1nc(C)c(C)c1C. The molecule has 0 unspecified atom stereocenters. The van der Waals surface area contributed by atoms with Crippen molar-refractivity contribution in [2.75, 3.05) is 0 Å². The molecular weight excluding hydrogens is 228 g/mol. The average Bonchev–Trinajstić information content (AvgIpc) is 2.56. The molecule has 2 aromatic rings. The van der Waals surface area contributed by atoms with Crippen LogP contribution in [-0.4, -0.2) is 20.9 Å². The second-order valence-corrected chi connectivity index (χ2v) is 4.48. The van der Waals surface area contributed by atoms with Gasteiger partial charge >= 0.3 is 5.97 Å². The van der Waals surface area contributed by atoms with Gasteiger partial charge in [-0.2, -0.15) is 5.10 Å². The number of aryl methyl sites for hydroxylation is 2. The molecule has 0 bridgehead atoms. The van der Waals surface area contributed by atoms with Crippen LogP contribution in [0.15, 0.2) is 18.2 Å². The van der Waals surface area contributed by atoms with Gasteiger partial charge in [-0.1, -0.05) is 12.1 Å². The molecule has 1 aromatic carbocycles. The lowest BCUT2D eigenvalue weighted by molar-refractivity contribution is 0.0696. The summed E-state index contributed by atoms with van der Waals surface area (Å²) >= 11 is 0. The number of hydrogen-bond acceptors (Lipinski definition) is 2. The molecule has 1 N–H and O–H groups in total. The first-order valence-electron chi connectivity index (χ1n) is 5.79. The van der Waals surface area contributed by atoms with E-state index in [1.807, 2.05) is 33.8 Å². The van der Waals surface area contributed by atoms with Crippen molar-refractivity contribution >= 4 is 5.97 Å². The van der Waals surface area contributed by atoms with Crippen LogP contribution in [0.5, 0.6) is 0 Å². The van der Waals surface area contributed by atoms with Gasteiger partial charge in [-0.3, -0.25) is 0 Å². The number of benzene rings is 1. The first-order chi connectivity index (χ1) is 8.43. The molecule has 0 radical (unpaired) electrons. The van der Waals surface area contributed by atoms with Crippen molar-refractivity contribution in [3.05, 3.63) is 46.3 Å². The van der Waals surface area contributed by atoms with Crippen LogP contribution < -0.4 is 0 Å². The van der Waals surface area contributed by atoms with Crippen LogP contribution in [0.4, 0.5) is 0 Å². The Morgan fingerprint density at radius 1 is 1.22 bits per heavy atom. The van der Waals surface area contributed by atoms with Gasteiger partial charge in [-0.15, -0.1) is 0 Å². The molecule has 0 saturated carbocycles. The monoisotopic (exact) mass is 244 g/mol. The van der Waals surface area contributed by atoms with Gasteiger partial charge in [0.25, 0.3) is 0 Å². The number of carbonyl (C=O) groups is 1. The maximum Gasteiger partial charge on any atom is 0.337 e. The second kappa shape index (κ2) is 4.29. The summed E-state index contributed by atoms with van der Waals surface area (Å²) in [7, 11) is 0. The predicted octanol–water partition coefficient (Wildman–Crippen LogP) is 2.80. The fraction of sp³-hybridized carbons (Fsp3) is 0.286. The quantitative estimate of drug-likeness (QED) is 0.883. The van der Waals surface area contributed by atoms with Gasteiger partial charge < -0.3 is 5.11 Å². The van der Waals surface area contributed by atoms with Gasteiger partial charge in [0, 0.05) is 5.69 Å². The van der Waals surface area contributed by atoms with Crippen molar-refractivity contribution in [1.82, 2.24) is 9.78 Å². The molecule has 1 aromatic heterocycles. The Morgan fingerprint density at radius 3 is 2.39 bits per heavy atom. The molecule has 0 aliphatic heterocycles. The Morgan fingerprint density at radius 2 is 1.89 bits per heavy atom. The summed E-state index contributed by atoms with van der Waals surface area (Å²) in [5.74, 6) is -0.932. The summed E-state index contributed by atoms with van der Waals surface area (Å²) in [5, 5.41) is 13.7. The van der Waals surface area contributed by atoms with Crippen LogP contribution >= 0.6 is 0 Å². The Kier molecular flexibility index (Phi) is 2.95. The average molecular weight is 244 g/mol. The molecule has 1 heterocycles. The zero-order chi connectivity index (χ0) is 13.4. The topological polar surface area (TPSA) is 55.1 Å². The minimum Gasteiger partial charge on any atom is -0.478 e. The van der Waals surface area contributed by atoms with Crippen LogP contribution in [0.1, 0.15) is 32.9 Å². The Hall–Kier alpha value is -2.10. The second-order valence-electron chi connectivity index (χ2n) is 4.48. The molecule has 94 valence electrons. The van der Waals surface area contributed by atoms with Gasteiger partial charge in [-0.25, -0.2) is 9.48 Å². The van der Waals surface area contributed by atoms with E-state index in [0.717, 1.165) is 22.5 Å². The van der Waals surface area contributed by atoms with Gasteiger partial charge in [0.15, 0.2) is 0 Å². The molecular formula is C14H16N2O2. The van der Waals surface area contributed by atoms with Crippen LogP contribution in [0, 0.1) is 27.7 Å². The maximum atomic E-state index is 11.3. The lowest BCUT2D eigenvalue weighted by Gasteiger charge is -2.11. The fourth-order valence-electron chi connectivity index (χ4n) is 2.05. The minimum atomic E-state index is -0.932. The first-order valence-corrected chi connectivity index (χ1v) is 5.79. The zero-order valence-electron chi connectivity index (χ0n) is 11.0. The number of hydrogen-bond donors (Lipinski definition) is 1. The number of aromatic carboxylic acids is 1. The lowest BCUT2D eigenvalue weighted by Crippen LogP contribution is -2.10. The number of rotatable bonds is 2. The molecule has 2 rings (SSSR count). The highest BCUT2D eigenvalue weighted by atomic mass is 16.4. The minimum absolute atomic E-state index is 0.278. The molecule has 0 spiro atoms. The molecule has 0 aliphatic carbocycles. The summed E-state index contributed by atoms with van der Waals surface area (Å²) in [5.41, 5.74) is 4.82. The van der Waals surface area contributed by atoms with Gasteiger partial charge in [0.1, 0.15) is 0 Å². The number of carboxylic acid groups (broad SMARTS) is 1. The van der Waals surface area contributed by atoms with E-state index in [-0.39, 0.29) is 5.56 Å². The van der Waals surface area contributed by atoms with Crippen LogP contribution in [-0.2, 0) is 0 Å². The van der Waals surface area contributed by atoms with Crippen molar-refractivity contribution in [2.24, 2.45) is 0 Å². The van der Waals surface area contributed by atoms with Crippen molar-refractivity contribution in [3.63, 3.8) is 0 Å². The summed E-state index contributed by atoms with van der Waals surface area (Å²) in [6.07, 6.45) is 0. The molecule has 0 fully saturated rings. The summed E-state index contributed by atoms with van der Waals surface area (Å²) in [4.78, 5) is 11.3. The van der Waals surface area contributed by atoms with E-state index in [4.69, 9.17) is 0 Å². The third-order valence-corrected chi connectivity index (χ3v) is 3.33. The van der Waals surface area contributed by atoms with E-state index in [0.29, 0.717) is 5.69 Å². The highest BCUT2D eigenvalue weighted by Crippen LogP contribution is 2.23. The number of aromatic nitrogens is 2. The highest BCUT2D eigenvalue weighted by molar-refractivity contribution is 5.92. The Bertz CT molecular complexity index is 627. The first kappa shape index (κ1) is 12.4. The van der Waals surface area contributed by atoms with Crippen molar-refractivity contribution in [3.8, 4) is 5.69 Å². The van der Waals surface area contributed by atoms with E-state index in [1.165, 1.54) is 0 Å². The number of para-hydroxylation sites is 1. The fourth-order valence-corrected chi connectivity index (χ4v) is 2.05.